The van der Waals surface area contributed by atoms with E-state index in [-0.39, 0.29) is 6.54 Å². The molecule has 8 heteroatoms. The molecule has 0 aromatic carbocycles. The van der Waals surface area contributed by atoms with Gasteiger partial charge in [-0.15, -0.1) is 0 Å². The zero-order valence-corrected chi connectivity index (χ0v) is 10.9. The van der Waals surface area contributed by atoms with E-state index in [0.29, 0.717) is 11.8 Å². The van der Waals surface area contributed by atoms with E-state index >= 15 is 0 Å². The maximum atomic E-state index is 11.3. The lowest BCUT2D eigenvalue weighted by Crippen LogP contribution is -2.44. The molecule has 0 aromatic rings. The van der Waals surface area contributed by atoms with E-state index in [9.17, 15) is 9.59 Å². The lowest BCUT2D eigenvalue weighted by atomic mass is 10.3. The smallest absolute Gasteiger partial charge is 0.334 e. The summed E-state index contributed by atoms with van der Waals surface area (Å²) >= 11 is 3.69. The summed E-state index contributed by atoms with van der Waals surface area (Å²) in [4.78, 5) is 21.6. The second-order valence-corrected chi connectivity index (χ2v) is 6.07. The normalized spacial score (nSPS) is 21.6. The predicted molar refractivity (Wildman–Crippen MR) is 68.6 cm³/mol. The highest BCUT2D eigenvalue weighted by Gasteiger charge is 2.16. The van der Waals surface area contributed by atoms with E-state index < -0.39 is 18.1 Å². The minimum atomic E-state index is -1.56. The third-order valence-corrected chi connectivity index (χ3v) is 4.96. The second-order valence-electron chi connectivity index (χ2n) is 3.51. The van der Waals surface area contributed by atoms with Crippen LogP contribution in [0.3, 0.4) is 0 Å². The molecule has 2 amide bonds. The Kier molecular flexibility index (Phi) is 6.53. The standard InChI is InChI=1S/C9H16N2O4S2/c12-7(8(13)14)4-11-9(15)10-3-6-5-16-1-2-17-6/h6-7,12H,1-5H2,(H,13,14)(H2,10,11,15)/t6?,7-/m0/s1. The van der Waals surface area contributed by atoms with Gasteiger partial charge in [0.05, 0.1) is 6.54 Å². The third kappa shape index (κ3) is 6.04. The van der Waals surface area contributed by atoms with Crippen molar-refractivity contribution in [1.82, 2.24) is 10.6 Å². The zero-order chi connectivity index (χ0) is 12.7. The van der Waals surface area contributed by atoms with Crippen LogP contribution in [-0.4, -0.2) is 63.9 Å². The monoisotopic (exact) mass is 280 g/mol. The first kappa shape index (κ1) is 14.5. The Morgan fingerprint density at radius 2 is 2.12 bits per heavy atom. The maximum absolute atomic E-state index is 11.3. The summed E-state index contributed by atoms with van der Waals surface area (Å²) in [6.45, 7) is 0.278. The lowest BCUT2D eigenvalue weighted by molar-refractivity contribution is -0.146. The molecular formula is C9H16N2O4S2. The van der Waals surface area contributed by atoms with Gasteiger partial charge in [0.15, 0.2) is 6.10 Å². The molecule has 2 atom stereocenters. The Hall–Kier alpha value is -0.600. The van der Waals surface area contributed by atoms with E-state index in [2.05, 4.69) is 10.6 Å². The van der Waals surface area contributed by atoms with Crippen LogP contribution in [0, 0.1) is 0 Å². The molecule has 1 unspecified atom stereocenters. The number of amides is 2. The number of aliphatic hydroxyl groups is 1. The Balaban J connectivity index is 2.10. The first-order chi connectivity index (χ1) is 8.09. The molecule has 1 rings (SSSR count). The minimum absolute atomic E-state index is 0.284. The fraction of sp³-hybridized carbons (Fsp3) is 0.778. The summed E-state index contributed by atoms with van der Waals surface area (Å²) in [5.41, 5.74) is 0. The van der Waals surface area contributed by atoms with Crippen LogP contribution in [0.1, 0.15) is 0 Å². The van der Waals surface area contributed by atoms with Crippen molar-refractivity contribution in [1.29, 1.82) is 0 Å². The van der Waals surface area contributed by atoms with Gasteiger partial charge in [-0.3, -0.25) is 0 Å². The highest BCUT2D eigenvalue weighted by atomic mass is 32.2. The van der Waals surface area contributed by atoms with Gasteiger partial charge in [0.2, 0.25) is 0 Å². The zero-order valence-electron chi connectivity index (χ0n) is 9.22. The van der Waals surface area contributed by atoms with Crippen molar-refractivity contribution in [2.45, 2.75) is 11.4 Å². The highest BCUT2D eigenvalue weighted by Crippen LogP contribution is 2.23. The van der Waals surface area contributed by atoms with Crippen LogP contribution in [0.5, 0.6) is 0 Å². The average molecular weight is 280 g/mol. The van der Waals surface area contributed by atoms with Gasteiger partial charge in [0.1, 0.15) is 0 Å². The lowest BCUT2D eigenvalue weighted by Gasteiger charge is -2.21. The molecular weight excluding hydrogens is 264 g/mol. The number of hydrogen-bond acceptors (Lipinski definition) is 5. The molecule has 17 heavy (non-hydrogen) atoms. The van der Waals surface area contributed by atoms with Gasteiger partial charge in [0.25, 0.3) is 0 Å². The fourth-order valence-electron chi connectivity index (χ4n) is 1.20. The molecule has 0 aromatic heterocycles. The van der Waals surface area contributed by atoms with Crippen molar-refractivity contribution >= 4 is 35.5 Å². The van der Waals surface area contributed by atoms with Crippen LogP contribution in [0.25, 0.3) is 0 Å². The summed E-state index contributed by atoms with van der Waals surface area (Å²) in [7, 11) is 0. The van der Waals surface area contributed by atoms with Crippen LogP contribution < -0.4 is 10.6 Å². The van der Waals surface area contributed by atoms with Crippen LogP contribution in [0.2, 0.25) is 0 Å². The summed E-state index contributed by atoms with van der Waals surface area (Å²) in [5, 5.41) is 22.7. The van der Waals surface area contributed by atoms with E-state index in [1.54, 1.807) is 0 Å². The molecule has 1 fully saturated rings. The summed E-state index contributed by atoms with van der Waals surface area (Å²) < 4.78 is 0. The van der Waals surface area contributed by atoms with Crippen molar-refractivity contribution < 1.29 is 19.8 Å². The summed E-state index contributed by atoms with van der Waals surface area (Å²) in [6.07, 6.45) is -1.56. The number of nitrogens with one attached hydrogen (secondary N) is 2. The Morgan fingerprint density at radius 1 is 1.35 bits per heavy atom. The van der Waals surface area contributed by atoms with Gasteiger partial charge in [-0.2, -0.15) is 23.5 Å². The quantitative estimate of drug-likeness (QED) is 0.546. The van der Waals surface area contributed by atoms with Crippen molar-refractivity contribution in [2.75, 3.05) is 30.3 Å². The molecule has 0 aliphatic carbocycles. The van der Waals surface area contributed by atoms with Crippen LogP contribution >= 0.6 is 23.5 Å². The SMILES string of the molecule is O=C(NCC1CSCCS1)NC[C@H](O)C(=O)O. The number of carbonyl (C=O) groups excluding carboxylic acids is 1. The van der Waals surface area contributed by atoms with Crippen LogP contribution in [0.4, 0.5) is 4.79 Å². The van der Waals surface area contributed by atoms with Crippen molar-refractivity contribution in [3.8, 4) is 0 Å². The summed E-state index contributed by atoms with van der Waals surface area (Å²) in [6, 6.07) is -0.443. The maximum Gasteiger partial charge on any atom is 0.334 e. The number of urea groups is 1. The van der Waals surface area contributed by atoms with Crippen LogP contribution in [0.15, 0.2) is 0 Å². The van der Waals surface area contributed by atoms with Crippen molar-refractivity contribution in [3.63, 3.8) is 0 Å². The fourth-order valence-corrected chi connectivity index (χ4v) is 3.81. The van der Waals surface area contributed by atoms with Gasteiger partial charge in [-0.1, -0.05) is 0 Å². The summed E-state index contributed by atoms with van der Waals surface area (Å²) in [5.74, 6) is 1.92. The number of aliphatic hydroxyl groups excluding tert-OH is 1. The number of thioether (sulfide) groups is 2. The molecule has 1 aliphatic heterocycles. The van der Waals surface area contributed by atoms with Gasteiger partial charge in [0, 0.05) is 29.1 Å². The molecule has 1 aliphatic rings. The molecule has 98 valence electrons. The van der Waals surface area contributed by atoms with E-state index in [1.807, 2.05) is 23.5 Å². The van der Waals surface area contributed by atoms with Gasteiger partial charge in [-0.05, 0) is 0 Å². The molecule has 0 bridgehead atoms. The Labute approximate surface area is 108 Å². The van der Waals surface area contributed by atoms with Crippen LogP contribution in [-0.2, 0) is 4.79 Å². The number of hydrogen-bond donors (Lipinski definition) is 4. The number of aliphatic carboxylic acids is 1. The first-order valence-electron chi connectivity index (χ1n) is 5.21. The Morgan fingerprint density at radius 3 is 2.71 bits per heavy atom. The molecule has 1 saturated heterocycles. The van der Waals surface area contributed by atoms with Gasteiger partial charge in [-0.25, -0.2) is 9.59 Å². The number of carboxylic acid groups (broad SMARTS) is 1. The van der Waals surface area contributed by atoms with Gasteiger partial charge < -0.3 is 20.8 Å². The predicted octanol–water partition coefficient (Wildman–Crippen LogP) is -0.420. The Bertz CT molecular complexity index is 272. The van der Waals surface area contributed by atoms with E-state index in [4.69, 9.17) is 10.2 Å². The number of carboxylic acids is 1. The molecule has 0 radical (unpaired) electrons. The molecule has 0 spiro atoms. The number of rotatable bonds is 5. The first-order valence-corrected chi connectivity index (χ1v) is 7.42. The largest absolute Gasteiger partial charge is 0.479 e. The van der Waals surface area contributed by atoms with Crippen molar-refractivity contribution in [2.24, 2.45) is 0 Å². The molecule has 4 N–H and O–H groups in total. The molecule has 1 heterocycles. The average Bonchev–Trinajstić information content (AvgIpc) is 2.34. The second kappa shape index (κ2) is 7.67. The van der Waals surface area contributed by atoms with Gasteiger partial charge >= 0.3 is 12.0 Å². The number of carbonyl (C=O) groups is 2. The van der Waals surface area contributed by atoms with E-state index in [0.717, 1.165) is 17.3 Å². The molecule has 6 nitrogen and oxygen atoms in total. The van der Waals surface area contributed by atoms with Crippen molar-refractivity contribution in [3.05, 3.63) is 0 Å². The molecule has 0 saturated carbocycles. The minimum Gasteiger partial charge on any atom is -0.479 e. The highest BCUT2D eigenvalue weighted by molar-refractivity contribution is 8.06. The third-order valence-electron chi connectivity index (χ3n) is 2.12. The topological polar surface area (TPSA) is 98.7 Å². The van der Waals surface area contributed by atoms with E-state index in [1.165, 1.54) is 0 Å².